The third-order valence-corrected chi connectivity index (χ3v) is 3.61. The van der Waals surface area contributed by atoms with Gasteiger partial charge in [0.1, 0.15) is 5.69 Å². The molecule has 0 unspecified atom stereocenters. The van der Waals surface area contributed by atoms with E-state index in [9.17, 15) is 9.59 Å². The van der Waals surface area contributed by atoms with Crippen molar-refractivity contribution in [1.82, 2.24) is 10.1 Å². The first-order valence-electron chi connectivity index (χ1n) is 6.84. The van der Waals surface area contributed by atoms with E-state index < -0.39 is 5.97 Å². The Morgan fingerprint density at radius 2 is 2.00 bits per heavy atom. The molecule has 0 radical (unpaired) electrons. The molecule has 1 fully saturated rings. The summed E-state index contributed by atoms with van der Waals surface area (Å²) in [4.78, 5) is 26.5. The van der Waals surface area contributed by atoms with Gasteiger partial charge in [0, 0.05) is 30.4 Å². The Hall–Kier alpha value is -2.67. The zero-order valence-electron chi connectivity index (χ0n) is 12.0. The molecule has 7 nitrogen and oxygen atoms in total. The SMILES string of the molecule is CN1CCN(c2ccc(-c3cc(C(=O)O)on3)cc2)C(=O)C1. The Bertz CT molecular complexity index is 708. The Balaban J connectivity index is 1.80. The number of benzene rings is 1. The number of hydrogen-bond donors (Lipinski definition) is 1. The van der Waals surface area contributed by atoms with Crippen molar-refractivity contribution < 1.29 is 19.2 Å². The summed E-state index contributed by atoms with van der Waals surface area (Å²) in [6.45, 7) is 1.90. The summed E-state index contributed by atoms with van der Waals surface area (Å²) in [5.41, 5.74) is 2.01. The highest BCUT2D eigenvalue weighted by Crippen LogP contribution is 2.24. The Morgan fingerprint density at radius 1 is 1.27 bits per heavy atom. The van der Waals surface area contributed by atoms with E-state index in [-0.39, 0.29) is 11.7 Å². The Morgan fingerprint density at radius 3 is 2.59 bits per heavy atom. The maximum Gasteiger partial charge on any atom is 0.374 e. The fourth-order valence-corrected chi connectivity index (χ4v) is 2.39. The third-order valence-electron chi connectivity index (χ3n) is 3.61. The van der Waals surface area contributed by atoms with Crippen molar-refractivity contribution in [3.63, 3.8) is 0 Å². The normalized spacial score (nSPS) is 16.0. The quantitative estimate of drug-likeness (QED) is 0.920. The highest BCUT2D eigenvalue weighted by Gasteiger charge is 2.22. The van der Waals surface area contributed by atoms with Gasteiger partial charge in [-0.15, -0.1) is 0 Å². The number of aromatic nitrogens is 1. The summed E-state index contributed by atoms with van der Waals surface area (Å²) in [6, 6.07) is 8.62. The first-order valence-corrected chi connectivity index (χ1v) is 6.84. The number of likely N-dealkylation sites (N-methyl/N-ethyl adjacent to an activating group) is 1. The summed E-state index contributed by atoms with van der Waals surface area (Å²) in [5, 5.41) is 12.6. The molecule has 0 saturated carbocycles. The number of carboxylic acids is 1. The van der Waals surface area contributed by atoms with Crippen molar-refractivity contribution in [1.29, 1.82) is 0 Å². The van der Waals surface area contributed by atoms with Gasteiger partial charge in [-0.1, -0.05) is 17.3 Å². The molecule has 7 heteroatoms. The number of hydrogen-bond acceptors (Lipinski definition) is 5. The van der Waals surface area contributed by atoms with E-state index in [0.717, 1.165) is 17.8 Å². The zero-order valence-corrected chi connectivity index (χ0v) is 12.0. The van der Waals surface area contributed by atoms with E-state index in [4.69, 9.17) is 9.63 Å². The number of amides is 1. The van der Waals surface area contributed by atoms with Gasteiger partial charge in [-0.25, -0.2) is 4.79 Å². The molecule has 1 N–H and O–H groups in total. The maximum atomic E-state index is 12.0. The van der Waals surface area contributed by atoms with E-state index in [2.05, 4.69) is 5.16 Å². The van der Waals surface area contributed by atoms with E-state index in [1.807, 2.05) is 24.1 Å². The van der Waals surface area contributed by atoms with Crippen LogP contribution in [-0.4, -0.2) is 53.7 Å². The van der Waals surface area contributed by atoms with Crippen LogP contribution in [0, 0.1) is 0 Å². The minimum Gasteiger partial charge on any atom is -0.475 e. The standard InChI is InChI=1S/C15H15N3O4/c1-17-6-7-18(14(19)9-17)11-4-2-10(3-5-11)12-8-13(15(20)21)22-16-12/h2-5,8H,6-7,9H2,1H3,(H,20,21). The van der Waals surface area contributed by atoms with Crippen molar-refractivity contribution in [2.75, 3.05) is 31.6 Å². The van der Waals surface area contributed by atoms with Crippen LogP contribution in [0.1, 0.15) is 10.6 Å². The fourth-order valence-electron chi connectivity index (χ4n) is 2.39. The molecular formula is C15H15N3O4. The van der Waals surface area contributed by atoms with Gasteiger partial charge < -0.3 is 14.5 Å². The van der Waals surface area contributed by atoms with Gasteiger partial charge in [0.2, 0.25) is 11.7 Å². The highest BCUT2D eigenvalue weighted by atomic mass is 16.5. The molecule has 2 aromatic rings. The molecule has 0 bridgehead atoms. The molecule has 1 aromatic heterocycles. The van der Waals surface area contributed by atoms with E-state index in [0.29, 0.717) is 18.8 Å². The van der Waals surface area contributed by atoms with Crippen LogP contribution in [-0.2, 0) is 4.79 Å². The lowest BCUT2D eigenvalue weighted by atomic mass is 10.1. The second kappa shape index (κ2) is 5.61. The molecule has 1 aromatic carbocycles. The smallest absolute Gasteiger partial charge is 0.374 e. The first-order chi connectivity index (χ1) is 10.5. The van der Waals surface area contributed by atoms with Gasteiger partial charge in [0.05, 0.1) is 6.54 Å². The van der Waals surface area contributed by atoms with Crippen molar-refractivity contribution in [3.8, 4) is 11.3 Å². The van der Waals surface area contributed by atoms with Crippen molar-refractivity contribution in [2.24, 2.45) is 0 Å². The van der Waals surface area contributed by atoms with Crippen LogP contribution in [0.5, 0.6) is 0 Å². The molecule has 0 atom stereocenters. The highest BCUT2D eigenvalue weighted by molar-refractivity contribution is 5.95. The van der Waals surface area contributed by atoms with Crippen LogP contribution in [0.3, 0.4) is 0 Å². The lowest BCUT2D eigenvalue weighted by Crippen LogP contribution is -2.48. The molecule has 1 saturated heterocycles. The zero-order chi connectivity index (χ0) is 15.7. The number of nitrogens with zero attached hydrogens (tertiary/aromatic N) is 3. The summed E-state index contributed by atoms with van der Waals surface area (Å²) >= 11 is 0. The van der Waals surface area contributed by atoms with Crippen LogP contribution in [0.25, 0.3) is 11.3 Å². The molecule has 3 rings (SSSR count). The summed E-state index contributed by atoms with van der Waals surface area (Å²) in [6.07, 6.45) is 0. The number of rotatable bonds is 3. The largest absolute Gasteiger partial charge is 0.475 e. The molecule has 114 valence electrons. The van der Waals surface area contributed by atoms with Gasteiger partial charge in [-0.05, 0) is 19.2 Å². The third kappa shape index (κ3) is 2.71. The number of carbonyl (C=O) groups is 2. The maximum absolute atomic E-state index is 12.0. The van der Waals surface area contributed by atoms with Gasteiger partial charge in [-0.3, -0.25) is 9.69 Å². The van der Waals surface area contributed by atoms with Gasteiger partial charge >= 0.3 is 5.97 Å². The number of carboxylic acid groups (broad SMARTS) is 1. The number of anilines is 1. The molecule has 0 spiro atoms. The van der Waals surface area contributed by atoms with Crippen LogP contribution in [0.15, 0.2) is 34.9 Å². The average Bonchev–Trinajstić information content (AvgIpc) is 2.98. The number of aromatic carboxylic acids is 1. The monoisotopic (exact) mass is 301 g/mol. The second-order valence-electron chi connectivity index (χ2n) is 5.21. The topological polar surface area (TPSA) is 86.9 Å². The first kappa shape index (κ1) is 14.3. The summed E-state index contributed by atoms with van der Waals surface area (Å²) < 4.78 is 4.74. The van der Waals surface area contributed by atoms with Crippen LogP contribution in [0.4, 0.5) is 5.69 Å². The summed E-state index contributed by atoms with van der Waals surface area (Å²) in [7, 11) is 1.92. The summed E-state index contributed by atoms with van der Waals surface area (Å²) in [5.74, 6) is -1.29. The molecule has 2 heterocycles. The van der Waals surface area contributed by atoms with E-state index >= 15 is 0 Å². The van der Waals surface area contributed by atoms with Crippen LogP contribution < -0.4 is 4.90 Å². The molecular weight excluding hydrogens is 286 g/mol. The Labute approximate surface area is 126 Å². The van der Waals surface area contributed by atoms with Crippen molar-refractivity contribution in [3.05, 3.63) is 36.1 Å². The number of carbonyl (C=O) groups excluding carboxylic acids is 1. The molecule has 1 aliphatic heterocycles. The van der Waals surface area contributed by atoms with Crippen molar-refractivity contribution >= 4 is 17.6 Å². The predicted molar refractivity (Wildman–Crippen MR) is 78.7 cm³/mol. The van der Waals surface area contributed by atoms with Gasteiger partial charge in [0.15, 0.2) is 0 Å². The fraction of sp³-hybridized carbons (Fsp3) is 0.267. The van der Waals surface area contributed by atoms with Crippen LogP contribution in [0.2, 0.25) is 0 Å². The van der Waals surface area contributed by atoms with Crippen molar-refractivity contribution in [2.45, 2.75) is 0 Å². The van der Waals surface area contributed by atoms with Gasteiger partial charge in [0.25, 0.3) is 0 Å². The lowest BCUT2D eigenvalue weighted by Gasteiger charge is -2.32. The minimum absolute atomic E-state index is 0.0658. The minimum atomic E-state index is -1.15. The van der Waals surface area contributed by atoms with Crippen LogP contribution >= 0.6 is 0 Å². The van der Waals surface area contributed by atoms with E-state index in [1.54, 1.807) is 17.0 Å². The average molecular weight is 301 g/mol. The molecule has 1 amide bonds. The molecule has 0 aliphatic carbocycles. The number of piperazine rings is 1. The second-order valence-corrected chi connectivity index (χ2v) is 5.21. The molecule has 1 aliphatic rings. The Kier molecular flexibility index (Phi) is 3.64. The molecule has 22 heavy (non-hydrogen) atoms. The van der Waals surface area contributed by atoms with E-state index in [1.165, 1.54) is 6.07 Å². The van der Waals surface area contributed by atoms with Gasteiger partial charge in [-0.2, -0.15) is 0 Å². The lowest BCUT2D eigenvalue weighted by molar-refractivity contribution is -0.120. The predicted octanol–water partition coefficient (Wildman–Crippen LogP) is 1.32.